The number of halogens is 2. The SMILES string of the molecule is CC1(C)Cc2cc(OC3C(=O)NC(=O)C3=O)c(Cl)c(Cl)c2C1O. The maximum atomic E-state index is 11.6. The van der Waals surface area contributed by atoms with Gasteiger partial charge in [0.15, 0.2) is 0 Å². The van der Waals surface area contributed by atoms with E-state index in [0.717, 1.165) is 5.56 Å². The Labute approximate surface area is 141 Å². The maximum absolute atomic E-state index is 11.6. The minimum atomic E-state index is -1.58. The first-order valence-corrected chi connectivity index (χ1v) is 7.63. The van der Waals surface area contributed by atoms with Crippen LogP contribution in [0, 0.1) is 5.41 Å². The van der Waals surface area contributed by atoms with Crippen LogP contribution in [0.2, 0.25) is 10.0 Å². The highest BCUT2D eigenvalue weighted by Crippen LogP contribution is 2.51. The first kappa shape index (κ1) is 16.2. The van der Waals surface area contributed by atoms with E-state index in [-0.39, 0.29) is 15.8 Å². The number of rotatable bonds is 2. The molecule has 3 rings (SSSR count). The number of carbonyl (C=O) groups is 3. The number of aliphatic hydroxyl groups excluding tert-OH is 1. The predicted octanol–water partition coefficient (Wildman–Crippen LogP) is 1.58. The van der Waals surface area contributed by atoms with Crippen molar-refractivity contribution in [1.29, 1.82) is 0 Å². The quantitative estimate of drug-likeness (QED) is 0.476. The number of aliphatic hydroxyl groups is 1. The molecule has 23 heavy (non-hydrogen) atoms. The van der Waals surface area contributed by atoms with Gasteiger partial charge in [-0.05, 0) is 23.5 Å². The zero-order chi connectivity index (χ0) is 17.1. The van der Waals surface area contributed by atoms with E-state index in [4.69, 9.17) is 27.9 Å². The Morgan fingerprint density at radius 2 is 1.91 bits per heavy atom. The number of hydrogen-bond acceptors (Lipinski definition) is 5. The van der Waals surface area contributed by atoms with E-state index in [1.165, 1.54) is 0 Å². The Kier molecular flexibility index (Phi) is 3.66. The summed E-state index contributed by atoms with van der Waals surface area (Å²) in [5.74, 6) is -2.81. The zero-order valence-corrected chi connectivity index (χ0v) is 13.8. The van der Waals surface area contributed by atoms with Crippen molar-refractivity contribution < 1.29 is 24.2 Å². The van der Waals surface area contributed by atoms with Gasteiger partial charge in [-0.2, -0.15) is 0 Å². The summed E-state index contributed by atoms with van der Waals surface area (Å²) in [6, 6.07) is 1.55. The molecule has 2 aliphatic rings. The number of Topliss-reactive ketones (excluding diaryl/α,β-unsaturated/α-hetero) is 1. The lowest BCUT2D eigenvalue weighted by molar-refractivity contribution is -0.138. The number of carbonyl (C=O) groups excluding carboxylic acids is 3. The van der Waals surface area contributed by atoms with Crippen molar-refractivity contribution in [2.24, 2.45) is 5.41 Å². The van der Waals surface area contributed by atoms with Gasteiger partial charge in [-0.3, -0.25) is 19.7 Å². The first-order chi connectivity index (χ1) is 10.6. The highest BCUT2D eigenvalue weighted by molar-refractivity contribution is 6.49. The van der Waals surface area contributed by atoms with Gasteiger partial charge < -0.3 is 9.84 Å². The van der Waals surface area contributed by atoms with Crippen molar-refractivity contribution in [3.8, 4) is 5.75 Å². The summed E-state index contributed by atoms with van der Waals surface area (Å²) < 4.78 is 5.33. The number of hydrogen-bond donors (Lipinski definition) is 2. The zero-order valence-electron chi connectivity index (χ0n) is 12.3. The molecule has 1 aliphatic heterocycles. The number of nitrogens with one attached hydrogen (secondary N) is 1. The van der Waals surface area contributed by atoms with Gasteiger partial charge >= 0.3 is 0 Å². The Bertz CT molecular complexity index is 759. The second-order valence-electron chi connectivity index (χ2n) is 6.32. The minimum Gasteiger partial charge on any atom is -0.470 e. The van der Waals surface area contributed by atoms with Crippen LogP contribution in [-0.2, 0) is 20.8 Å². The molecule has 0 radical (unpaired) electrons. The molecule has 0 spiro atoms. The van der Waals surface area contributed by atoms with Gasteiger partial charge in [0.05, 0.1) is 11.1 Å². The molecule has 0 bridgehead atoms. The van der Waals surface area contributed by atoms with Crippen LogP contribution in [0.15, 0.2) is 6.07 Å². The highest BCUT2D eigenvalue weighted by atomic mass is 35.5. The average molecular weight is 358 g/mol. The summed E-state index contributed by atoms with van der Waals surface area (Å²) in [5.41, 5.74) is 0.820. The van der Waals surface area contributed by atoms with E-state index >= 15 is 0 Å². The molecular formula is C15H13Cl2NO5. The van der Waals surface area contributed by atoms with Crippen molar-refractivity contribution in [2.75, 3.05) is 0 Å². The van der Waals surface area contributed by atoms with Gasteiger partial charge in [0.2, 0.25) is 6.10 Å². The standard InChI is InChI=1S/C15H13Cl2NO5/c1-15(2)4-5-3-6(8(16)9(17)7(5)12(15)20)23-11-10(19)13(21)18-14(11)22/h3,11-12,20H,4H2,1-2H3,(H,18,21,22). The molecule has 122 valence electrons. The molecule has 1 aromatic carbocycles. The molecule has 1 fully saturated rings. The van der Waals surface area contributed by atoms with E-state index in [1.54, 1.807) is 6.07 Å². The number of ketones is 1. The smallest absolute Gasteiger partial charge is 0.298 e. The van der Waals surface area contributed by atoms with Gasteiger partial charge in [-0.15, -0.1) is 0 Å². The van der Waals surface area contributed by atoms with E-state index in [0.29, 0.717) is 12.0 Å². The lowest BCUT2D eigenvalue weighted by Gasteiger charge is -2.22. The molecule has 0 saturated carbocycles. The third-order valence-electron chi connectivity index (χ3n) is 4.14. The molecule has 0 aromatic heterocycles. The maximum Gasteiger partial charge on any atom is 0.298 e. The highest BCUT2D eigenvalue weighted by Gasteiger charge is 2.44. The largest absolute Gasteiger partial charge is 0.470 e. The second kappa shape index (κ2) is 5.19. The van der Waals surface area contributed by atoms with Crippen LogP contribution < -0.4 is 10.1 Å². The van der Waals surface area contributed by atoms with Crippen molar-refractivity contribution in [1.82, 2.24) is 5.32 Å². The van der Waals surface area contributed by atoms with Crippen LogP contribution in [0.3, 0.4) is 0 Å². The Balaban J connectivity index is 2.01. The van der Waals surface area contributed by atoms with E-state index < -0.39 is 35.2 Å². The van der Waals surface area contributed by atoms with Crippen LogP contribution in [0.25, 0.3) is 0 Å². The molecule has 1 aromatic rings. The molecular weight excluding hydrogens is 345 g/mol. The van der Waals surface area contributed by atoms with Crippen LogP contribution in [-0.4, -0.2) is 28.8 Å². The third kappa shape index (κ3) is 2.41. The number of amides is 2. The molecule has 1 aliphatic carbocycles. The van der Waals surface area contributed by atoms with Gasteiger partial charge in [0.25, 0.3) is 17.6 Å². The average Bonchev–Trinajstić information content (AvgIpc) is 2.83. The molecule has 1 saturated heterocycles. The van der Waals surface area contributed by atoms with Crippen LogP contribution in [0.4, 0.5) is 0 Å². The van der Waals surface area contributed by atoms with Crippen molar-refractivity contribution in [3.63, 3.8) is 0 Å². The molecule has 2 atom stereocenters. The minimum absolute atomic E-state index is 0.0119. The summed E-state index contributed by atoms with van der Waals surface area (Å²) in [5, 5.41) is 12.3. The third-order valence-corrected chi connectivity index (χ3v) is 5.00. The predicted molar refractivity (Wildman–Crippen MR) is 81.5 cm³/mol. The molecule has 1 heterocycles. The normalized spacial score (nSPS) is 25.5. The first-order valence-electron chi connectivity index (χ1n) is 6.88. The molecule has 2 unspecified atom stereocenters. The van der Waals surface area contributed by atoms with Gasteiger partial charge in [-0.25, -0.2) is 0 Å². The Hall–Kier alpha value is -1.63. The lowest BCUT2D eigenvalue weighted by Crippen LogP contribution is -2.31. The fourth-order valence-electron chi connectivity index (χ4n) is 2.88. The van der Waals surface area contributed by atoms with Crippen LogP contribution in [0.1, 0.15) is 31.1 Å². The van der Waals surface area contributed by atoms with Crippen LogP contribution in [0.5, 0.6) is 5.75 Å². The van der Waals surface area contributed by atoms with E-state index in [9.17, 15) is 19.5 Å². The van der Waals surface area contributed by atoms with Crippen LogP contribution >= 0.6 is 23.2 Å². The molecule has 2 N–H and O–H groups in total. The van der Waals surface area contributed by atoms with Gasteiger partial charge in [-0.1, -0.05) is 37.0 Å². The van der Waals surface area contributed by atoms with E-state index in [1.807, 2.05) is 19.2 Å². The number of ether oxygens (including phenoxy) is 1. The number of imide groups is 1. The summed E-state index contributed by atoms with van der Waals surface area (Å²) >= 11 is 12.4. The molecule has 2 amide bonds. The summed E-state index contributed by atoms with van der Waals surface area (Å²) in [6.45, 7) is 3.77. The van der Waals surface area contributed by atoms with Crippen molar-refractivity contribution in [2.45, 2.75) is 32.5 Å². The summed E-state index contributed by atoms with van der Waals surface area (Å²) in [6.07, 6.45) is -1.83. The lowest BCUT2D eigenvalue weighted by atomic mass is 9.87. The summed E-state index contributed by atoms with van der Waals surface area (Å²) in [4.78, 5) is 34.4. The van der Waals surface area contributed by atoms with Crippen molar-refractivity contribution in [3.05, 3.63) is 27.2 Å². The fourth-order valence-corrected chi connectivity index (χ4v) is 3.40. The Morgan fingerprint density at radius 3 is 2.48 bits per heavy atom. The van der Waals surface area contributed by atoms with Gasteiger partial charge in [0.1, 0.15) is 10.8 Å². The monoisotopic (exact) mass is 357 g/mol. The van der Waals surface area contributed by atoms with E-state index in [2.05, 4.69) is 0 Å². The molecule has 8 heteroatoms. The number of fused-ring (bicyclic) bond motifs is 1. The summed E-state index contributed by atoms with van der Waals surface area (Å²) in [7, 11) is 0. The van der Waals surface area contributed by atoms with Crippen molar-refractivity contribution >= 4 is 40.8 Å². The van der Waals surface area contributed by atoms with Gasteiger partial charge in [0, 0.05) is 5.56 Å². The topological polar surface area (TPSA) is 92.7 Å². The fraction of sp³-hybridized carbons (Fsp3) is 0.400. The molecule has 6 nitrogen and oxygen atoms in total. The second-order valence-corrected chi connectivity index (χ2v) is 7.08. The number of benzene rings is 1. The Morgan fingerprint density at radius 1 is 1.26 bits per heavy atom.